The number of nitrogens with one attached hydrogen (secondary N) is 2. The minimum atomic E-state index is -2.35. The maximum absolute atomic E-state index is 12.1. The quantitative estimate of drug-likeness (QED) is 0.0442. The monoisotopic (exact) mass is 676 g/mol. The van der Waals surface area contributed by atoms with E-state index in [0.717, 1.165) is 0 Å². The summed E-state index contributed by atoms with van der Waals surface area (Å²) in [4.78, 5) is 16.0. The number of aliphatic hydroxyl groups excluding tert-OH is 6. The third-order valence-electron chi connectivity index (χ3n) is 7.43. The lowest BCUT2D eigenvalue weighted by Gasteiger charge is -2.46. The Morgan fingerprint density at radius 1 is 0.952 bits per heavy atom. The van der Waals surface area contributed by atoms with Gasteiger partial charge in [-0.15, -0.1) is 37.2 Å². The molecule has 18 nitrogen and oxygen atoms in total. The number of carbonyl (C=O) groups is 1. The van der Waals surface area contributed by atoms with E-state index in [0.29, 0.717) is 0 Å². The average molecular weight is 678 g/mol. The van der Waals surface area contributed by atoms with E-state index in [9.17, 15) is 40.5 Å². The van der Waals surface area contributed by atoms with Gasteiger partial charge < -0.3 is 77.2 Å². The first kappa shape index (κ1) is 41.2. The van der Waals surface area contributed by atoms with E-state index in [2.05, 4.69) is 15.6 Å². The summed E-state index contributed by atoms with van der Waals surface area (Å²) in [5, 5.41) is 79.2. The van der Waals surface area contributed by atoms with Gasteiger partial charge in [-0.3, -0.25) is 10.1 Å². The van der Waals surface area contributed by atoms with E-state index in [1.165, 1.54) is 14.0 Å². The van der Waals surface area contributed by atoms with Gasteiger partial charge in [-0.05, 0) is 14.0 Å². The molecule has 15 atom stereocenters. The Balaban J connectivity index is 0.00000560. The van der Waals surface area contributed by atoms with Gasteiger partial charge in [0.2, 0.25) is 0 Å². The van der Waals surface area contributed by atoms with Crippen LogP contribution in [0.4, 0.5) is 0 Å². The Bertz CT molecular complexity index is 872. The molecule has 0 aromatic rings. The highest BCUT2D eigenvalue weighted by Gasteiger charge is 2.60. The van der Waals surface area contributed by atoms with Crippen LogP contribution in [-0.2, 0) is 23.7 Å². The largest absolute Gasteiger partial charge is 0.394 e. The Morgan fingerprint density at radius 3 is 2.05 bits per heavy atom. The molecule has 0 unspecified atom stereocenters. The molecule has 3 aliphatic rings. The normalized spacial score (nSPS) is 45.1. The Labute approximate surface area is 260 Å². The fourth-order valence-corrected chi connectivity index (χ4v) is 5.15. The molecule has 0 aromatic heterocycles. The Morgan fingerprint density at radius 2 is 1.55 bits per heavy atom. The van der Waals surface area contributed by atoms with Gasteiger partial charge in [-0.25, -0.2) is 4.99 Å². The summed E-state index contributed by atoms with van der Waals surface area (Å²) in [5.74, 6) is -0.476. The lowest BCUT2D eigenvalue weighted by Crippen LogP contribution is -2.69. The van der Waals surface area contributed by atoms with Gasteiger partial charge >= 0.3 is 0 Å². The molecule has 250 valence electrons. The lowest BCUT2D eigenvalue weighted by atomic mass is 9.81. The van der Waals surface area contributed by atoms with Crippen molar-refractivity contribution < 1.29 is 59.5 Å². The van der Waals surface area contributed by atoms with E-state index in [-0.39, 0.29) is 50.2 Å². The maximum atomic E-state index is 12.1. The molecule has 42 heavy (non-hydrogen) atoms. The Hall–Kier alpha value is -0.750. The fraction of sp³-hybridized carbons (Fsp3) is 0.905. The molecule has 2 heterocycles. The zero-order valence-electron chi connectivity index (χ0n) is 22.7. The molecule has 0 amide bonds. The first-order chi connectivity index (χ1) is 18.4. The minimum absolute atomic E-state index is 0. The number of likely N-dealkylation sites (N-methyl/N-ethyl adjacent to an activating group) is 1. The van der Waals surface area contributed by atoms with Crippen molar-refractivity contribution in [1.29, 1.82) is 0 Å². The predicted octanol–water partition coefficient (Wildman–Crippen LogP) is -6.66. The zero-order chi connectivity index (χ0) is 29.2. The molecule has 2 saturated heterocycles. The van der Waals surface area contributed by atoms with E-state index in [4.69, 9.17) is 36.1 Å². The number of guanidine groups is 1. The summed E-state index contributed by atoms with van der Waals surface area (Å²) in [6, 6.07) is -3.64. The van der Waals surface area contributed by atoms with Crippen molar-refractivity contribution in [2.24, 2.45) is 22.2 Å². The van der Waals surface area contributed by atoms with Gasteiger partial charge in [0.15, 0.2) is 30.4 Å². The SMILES string of the molecule is CN[C@@H]1[C@H](O[C@H]2[C@@H](O[C@H]3[C@H](O)[C@@H](O)[C@H](NCN)[C@@H](O)[C@@H]3N=C(N)N)O[C@@H](C)[C@]2(O)C=O)O[C@@H](CO)[C@H](O)[C@H]1O.Cl.Cl.Cl. The number of hydrogen-bond donors (Lipinski definition) is 12. The van der Waals surface area contributed by atoms with Crippen LogP contribution in [-0.4, -0.2) is 160 Å². The van der Waals surface area contributed by atoms with Crippen LogP contribution in [0.3, 0.4) is 0 Å². The number of aldehydes is 1. The van der Waals surface area contributed by atoms with Crippen LogP contribution in [0.25, 0.3) is 0 Å². The standard InChI is InChI=1S/C21H40N6O12.3ClH/c1-6-21(35,4-29)17(39-18-10(25-2)14(33)11(30)7(3-28)37-18)19(36-6)38-16-9(27-20(23)24)12(31)8(26-5-22)13(32)15(16)34;;;/h4,6-19,25-26,28,30-35H,3,5,22H2,1-2H3,(H4,23,24,27);3*1H/t6-,7-,8+,9-,10-,11-,12+,13-,14-,15+,16+,17-,18-,19+,21+;;;/m0.../s1. The second-order valence-corrected chi connectivity index (χ2v) is 9.78. The van der Waals surface area contributed by atoms with Crippen molar-refractivity contribution in [2.75, 3.05) is 20.3 Å². The van der Waals surface area contributed by atoms with Crippen molar-refractivity contribution in [3.8, 4) is 0 Å². The lowest BCUT2D eigenvalue weighted by molar-refractivity contribution is -0.314. The molecule has 3 rings (SSSR count). The highest BCUT2D eigenvalue weighted by atomic mass is 35.5. The topological polar surface area (TPSA) is 310 Å². The maximum Gasteiger partial charge on any atom is 0.188 e. The number of hydrogen-bond acceptors (Lipinski definition) is 16. The highest BCUT2D eigenvalue weighted by Crippen LogP contribution is 2.38. The zero-order valence-corrected chi connectivity index (χ0v) is 25.1. The van der Waals surface area contributed by atoms with E-state index in [1.54, 1.807) is 0 Å². The molecule has 1 aliphatic carbocycles. The molecule has 0 radical (unpaired) electrons. The molecule has 3 fully saturated rings. The highest BCUT2D eigenvalue weighted by molar-refractivity contribution is 5.86. The predicted molar refractivity (Wildman–Crippen MR) is 151 cm³/mol. The minimum Gasteiger partial charge on any atom is -0.394 e. The molecule has 15 N–H and O–H groups in total. The molecule has 0 aromatic carbocycles. The second-order valence-electron chi connectivity index (χ2n) is 9.78. The number of nitrogens with two attached hydrogens (primary N) is 3. The summed E-state index contributed by atoms with van der Waals surface area (Å²) in [6.07, 6.45) is -16.6. The fourth-order valence-electron chi connectivity index (χ4n) is 5.15. The van der Waals surface area contributed by atoms with Crippen LogP contribution in [0.15, 0.2) is 4.99 Å². The van der Waals surface area contributed by atoms with Gasteiger partial charge in [0.1, 0.15) is 48.8 Å². The first-order valence-corrected chi connectivity index (χ1v) is 12.4. The number of halogens is 3. The second kappa shape index (κ2) is 17.1. The molecule has 0 bridgehead atoms. The van der Waals surface area contributed by atoms with E-state index < -0.39 is 104 Å². The summed E-state index contributed by atoms with van der Waals surface area (Å²) in [7, 11) is 1.43. The van der Waals surface area contributed by atoms with Gasteiger partial charge in [-0.2, -0.15) is 0 Å². The molecule has 2 aliphatic heterocycles. The van der Waals surface area contributed by atoms with Crippen molar-refractivity contribution in [3.05, 3.63) is 0 Å². The number of rotatable bonds is 10. The number of ether oxygens (including phenoxy) is 4. The van der Waals surface area contributed by atoms with Crippen LogP contribution in [0, 0.1) is 0 Å². The molecular weight excluding hydrogens is 635 g/mol. The van der Waals surface area contributed by atoms with Crippen LogP contribution in [0.2, 0.25) is 0 Å². The van der Waals surface area contributed by atoms with Gasteiger partial charge in [0.25, 0.3) is 0 Å². The molecule has 1 saturated carbocycles. The van der Waals surface area contributed by atoms with E-state index >= 15 is 0 Å². The average Bonchev–Trinajstić information content (AvgIpc) is 3.13. The van der Waals surface area contributed by atoms with Crippen LogP contribution in [0.5, 0.6) is 0 Å². The first-order valence-electron chi connectivity index (χ1n) is 12.4. The van der Waals surface area contributed by atoms with E-state index in [1.807, 2.05) is 0 Å². The molecule has 0 spiro atoms. The summed E-state index contributed by atoms with van der Waals surface area (Å²) in [6.45, 7) is 0.489. The smallest absolute Gasteiger partial charge is 0.188 e. The number of carbonyl (C=O) groups excluding carboxylic acids is 1. The number of nitrogens with zero attached hydrogens (tertiary/aromatic N) is 1. The Kier molecular flexibility index (Phi) is 16.8. The molecule has 21 heteroatoms. The van der Waals surface area contributed by atoms with Crippen molar-refractivity contribution in [2.45, 2.75) is 98.2 Å². The van der Waals surface area contributed by atoms with Crippen molar-refractivity contribution in [1.82, 2.24) is 10.6 Å². The van der Waals surface area contributed by atoms with Crippen LogP contribution >= 0.6 is 37.2 Å². The third kappa shape index (κ3) is 7.90. The van der Waals surface area contributed by atoms with Gasteiger partial charge in [0.05, 0.1) is 30.9 Å². The molecular formula is C21H43Cl3N6O12. The summed E-state index contributed by atoms with van der Waals surface area (Å²) in [5.41, 5.74) is 14.2. The van der Waals surface area contributed by atoms with Gasteiger partial charge in [0, 0.05) is 6.67 Å². The summed E-state index contributed by atoms with van der Waals surface area (Å²) < 4.78 is 23.0. The third-order valence-corrected chi connectivity index (χ3v) is 7.43. The summed E-state index contributed by atoms with van der Waals surface area (Å²) >= 11 is 0. The van der Waals surface area contributed by atoms with Gasteiger partial charge in [-0.1, -0.05) is 0 Å². The number of aliphatic hydroxyl groups is 7. The van der Waals surface area contributed by atoms with Crippen LogP contribution < -0.4 is 27.8 Å². The van der Waals surface area contributed by atoms with Crippen molar-refractivity contribution in [3.63, 3.8) is 0 Å². The van der Waals surface area contributed by atoms with Crippen molar-refractivity contribution >= 4 is 49.5 Å². The van der Waals surface area contributed by atoms with Crippen LogP contribution in [0.1, 0.15) is 6.92 Å². The number of aliphatic imine (C=N–C) groups is 1.